The first kappa shape index (κ1) is 24.7. The Morgan fingerprint density at radius 1 is 0.800 bits per heavy atom. The van der Waals surface area contributed by atoms with Gasteiger partial charge in [-0.05, 0) is 77.3 Å². The first-order chi connectivity index (χ1) is 16.8. The van der Waals surface area contributed by atoms with Crippen LogP contribution in [0.25, 0.3) is 11.1 Å². The molecule has 0 saturated carbocycles. The molecule has 1 amide bonds. The molecule has 5 nitrogen and oxygen atoms in total. The second kappa shape index (κ2) is 10.5. The van der Waals surface area contributed by atoms with Gasteiger partial charge in [-0.25, -0.2) is 8.42 Å². The molecule has 0 saturated heterocycles. The van der Waals surface area contributed by atoms with Crippen molar-refractivity contribution >= 4 is 37.5 Å². The van der Waals surface area contributed by atoms with E-state index in [1.807, 2.05) is 56.3 Å². The van der Waals surface area contributed by atoms with E-state index in [1.54, 1.807) is 42.5 Å². The fraction of sp³-hybridized carbons (Fsp3) is 0.107. The third-order valence-electron chi connectivity index (χ3n) is 5.44. The maximum absolute atomic E-state index is 13.5. The molecule has 7 heteroatoms. The van der Waals surface area contributed by atoms with Gasteiger partial charge in [0.15, 0.2) is 6.61 Å². The minimum absolute atomic E-state index is 0.0328. The lowest BCUT2D eigenvalue weighted by Crippen LogP contribution is -2.40. The van der Waals surface area contributed by atoms with E-state index in [1.165, 1.54) is 12.1 Å². The Bertz CT molecular complexity index is 1440. The summed E-state index contributed by atoms with van der Waals surface area (Å²) in [6.07, 6.45) is 0. The monoisotopic (exact) mass is 549 g/mol. The van der Waals surface area contributed by atoms with Crippen molar-refractivity contribution < 1.29 is 17.9 Å². The number of sulfonamides is 1. The maximum atomic E-state index is 13.5. The lowest BCUT2D eigenvalue weighted by Gasteiger charge is -2.23. The number of nitrogens with zero attached hydrogens (tertiary/aromatic N) is 1. The summed E-state index contributed by atoms with van der Waals surface area (Å²) < 4.78 is 34.2. The number of rotatable bonds is 7. The summed E-state index contributed by atoms with van der Waals surface area (Å²) in [6, 6.07) is 28.6. The number of carbonyl (C=O) groups is 1. The fourth-order valence-corrected chi connectivity index (χ4v) is 5.44. The van der Waals surface area contributed by atoms with Gasteiger partial charge in [0.2, 0.25) is 0 Å². The van der Waals surface area contributed by atoms with Crippen LogP contribution in [0.2, 0.25) is 0 Å². The Hall–Kier alpha value is -3.42. The zero-order chi connectivity index (χ0) is 25.0. The molecule has 0 unspecified atom stereocenters. The molecule has 178 valence electrons. The van der Waals surface area contributed by atoms with Crippen molar-refractivity contribution in [3.8, 4) is 16.9 Å². The van der Waals surface area contributed by atoms with Gasteiger partial charge < -0.3 is 4.74 Å². The predicted molar refractivity (Wildman–Crippen MR) is 142 cm³/mol. The van der Waals surface area contributed by atoms with E-state index in [2.05, 4.69) is 15.9 Å². The molecule has 4 aromatic carbocycles. The minimum Gasteiger partial charge on any atom is -0.483 e. The van der Waals surface area contributed by atoms with Gasteiger partial charge in [-0.3, -0.25) is 4.79 Å². The van der Waals surface area contributed by atoms with Crippen LogP contribution in [0.3, 0.4) is 0 Å². The van der Waals surface area contributed by atoms with Gasteiger partial charge in [0, 0.05) is 0 Å². The summed E-state index contributed by atoms with van der Waals surface area (Å²) in [7, 11) is -4.15. The summed E-state index contributed by atoms with van der Waals surface area (Å²) in [6.45, 7) is 3.31. The Morgan fingerprint density at radius 2 is 1.40 bits per heavy atom. The van der Waals surface area contributed by atoms with Gasteiger partial charge in [-0.2, -0.15) is 4.31 Å². The molecule has 0 aliphatic rings. The number of ether oxygens (including phenoxy) is 1. The molecule has 0 aliphatic heterocycles. The van der Waals surface area contributed by atoms with Crippen molar-refractivity contribution in [3.05, 3.63) is 113 Å². The number of benzene rings is 4. The average molecular weight is 550 g/mol. The van der Waals surface area contributed by atoms with Gasteiger partial charge in [-0.1, -0.05) is 71.8 Å². The Balaban J connectivity index is 1.60. The van der Waals surface area contributed by atoms with Gasteiger partial charge in [0.05, 0.1) is 15.1 Å². The van der Waals surface area contributed by atoms with Crippen molar-refractivity contribution in [1.29, 1.82) is 0 Å². The van der Waals surface area contributed by atoms with Crippen LogP contribution in [0.5, 0.6) is 5.75 Å². The van der Waals surface area contributed by atoms with Crippen LogP contribution < -0.4 is 9.04 Å². The lowest BCUT2D eigenvalue weighted by molar-refractivity contribution is -0.119. The molecule has 0 radical (unpaired) electrons. The third-order valence-corrected chi connectivity index (χ3v) is 7.83. The summed E-state index contributed by atoms with van der Waals surface area (Å²) >= 11 is 3.50. The summed E-state index contributed by atoms with van der Waals surface area (Å²) in [5, 5.41) is 0. The van der Waals surface area contributed by atoms with Crippen LogP contribution in [0.15, 0.2) is 106 Å². The number of hydrogen-bond donors (Lipinski definition) is 0. The molecule has 0 heterocycles. The van der Waals surface area contributed by atoms with E-state index >= 15 is 0 Å². The van der Waals surface area contributed by atoms with Crippen LogP contribution in [0.4, 0.5) is 5.69 Å². The molecule has 0 bridgehead atoms. The molecular formula is C28H24BrNO4S. The number of amides is 1. The van der Waals surface area contributed by atoms with Gasteiger partial charge >= 0.3 is 0 Å². The van der Waals surface area contributed by atoms with Crippen LogP contribution in [0, 0.1) is 13.8 Å². The van der Waals surface area contributed by atoms with Crippen molar-refractivity contribution in [2.45, 2.75) is 18.7 Å². The van der Waals surface area contributed by atoms with E-state index < -0.39 is 22.5 Å². The molecule has 0 spiro atoms. The highest BCUT2D eigenvalue weighted by molar-refractivity contribution is 9.10. The van der Waals surface area contributed by atoms with Crippen LogP contribution >= 0.6 is 15.9 Å². The molecular weight excluding hydrogens is 526 g/mol. The second-order valence-electron chi connectivity index (χ2n) is 8.11. The molecule has 4 rings (SSSR count). The third kappa shape index (κ3) is 5.63. The van der Waals surface area contributed by atoms with Gasteiger partial charge in [0.25, 0.3) is 15.9 Å². The van der Waals surface area contributed by atoms with Crippen molar-refractivity contribution in [1.82, 2.24) is 0 Å². The van der Waals surface area contributed by atoms with E-state index in [-0.39, 0.29) is 10.6 Å². The van der Waals surface area contributed by atoms with Crippen LogP contribution in [-0.4, -0.2) is 20.9 Å². The van der Waals surface area contributed by atoms with Gasteiger partial charge in [-0.15, -0.1) is 0 Å². The van der Waals surface area contributed by atoms with E-state index in [0.717, 1.165) is 26.6 Å². The average Bonchev–Trinajstić information content (AvgIpc) is 2.85. The molecule has 0 N–H and O–H groups in total. The fourth-order valence-electron chi connectivity index (χ4n) is 3.54. The Labute approximate surface area is 214 Å². The van der Waals surface area contributed by atoms with Crippen LogP contribution in [-0.2, 0) is 14.8 Å². The highest BCUT2D eigenvalue weighted by Gasteiger charge is 2.31. The summed E-state index contributed by atoms with van der Waals surface area (Å²) in [5.41, 5.74) is 4.16. The standard InChI is InChI=1S/C28H24BrNO4S/c1-20-8-13-24(14-9-20)30(35(32,33)25-15-10-21(2)11-16-25)28(31)19-34-27-17-12-23(18-26(27)29)22-6-4-3-5-7-22/h3-18H,19H2,1-2H3. The van der Waals surface area contributed by atoms with Crippen molar-refractivity contribution in [2.24, 2.45) is 0 Å². The molecule has 4 aromatic rings. The zero-order valence-electron chi connectivity index (χ0n) is 19.3. The van der Waals surface area contributed by atoms with Crippen molar-refractivity contribution in [3.63, 3.8) is 0 Å². The van der Waals surface area contributed by atoms with Crippen molar-refractivity contribution in [2.75, 3.05) is 10.9 Å². The molecule has 35 heavy (non-hydrogen) atoms. The first-order valence-corrected chi connectivity index (χ1v) is 13.2. The van der Waals surface area contributed by atoms with Gasteiger partial charge in [0.1, 0.15) is 5.75 Å². The number of halogens is 1. The summed E-state index contributed by atoms with van der Waals surface area (Å²) in [4.78, 5) is 13.3. The second-order valence-corrected chi connectivity index (χ2v) is 10.8. The topological polar surface area (TPSA) is 63.7 Å². The Morgan fingerprint density at radius 3 is 2.00 bits per heavy atom. The van der Waals surface area contributed by atoms with E-state index in [9.17, 15) is 13.2 Å². The molecule has 0 atom stereocenters. The number of anilines is 1. The minimum atomic E-state index is -4.15. The lowest BCUT2D eigenvalue weighted by atomic mass is 10.1. The molecule has 0 aliphatic carbocycles. The normalized spacial score (nSPS) is 11.2. The molecule has 0 aromatic heterocycles. The summed E-state index contributed by atoms with van der Waals surface area (Å²) in [5.74, 6) is -0.261. The first-order valence-electron chi connectivity index (χ1n) is 10.9. The zero-order valence-corrected chi connectivity index (χ0v) is 21.7. The smallest absolute Gasteiger partial charge is 0.278 e. The quantitative estimate of drug-likeness (QED) is 0.262. The number of aryl methyl sites for hydroxylation is 2. The SMILES string of the molecule is Cc1ccc(N(C(=O)COc2ccc(-c3ccccc3)cc2Br)S(=O)(=O)c2ccc(C)cc2)cc1. The molecule has 0 fully saturated rings. The number of hydrogen-bond acceptors (Lipinski definition) is 4. The van der Waals surface area contributed by atoms with Crippen LogP contribution in [0.1, 0.15) is 11.1 Å². The Kier molecular flexibility index (Phi) is 7.38. The van der Waals surface area contributed by atoms with E-state index in [0.29, 0.717) is 10.2 Å². The number of carbonyl (C=O) groups excluding carboxylic acids is 1. The predicted octanol–water partition coefficient (Wildman–Crippen LogP) is 6.53. The largest absolute Gasteiger partial charge is 0.483 e. The maximum Gasteiger partial charge on any atom is 0.278 e. The highest BCUT2D eigenvalue weighted by Crippen LogP contribution is 2.31. The van der Waals surface area contributed by atoms with E-state index in [4.69, 9.17) is 4.74 Å². The highest BCUT2D eigenvalue weighted by atomic mass is 79.9.